The van der Waals surface area contributed by atoms with E-state index in [4.69, 9.17) is 9.47 Å². The quantitative estimate of drug-likeness (QED) is 0.0829. The van der Waals surface area contributed by atoms with Gasteiger partial charge in [-0.15, -0.1) is 0 Å². The topological polar surface area (TPSA) is 255 Å². The third-order valence-corrected chi connectivity index (χ3v) is 15.6. The molecule has 4 aromatic rings. The van der Waals surface area contributed by atoms with Crippen LogP contribution >= 0.6 is 0 Å². The Morgan fingerprint density at radius 1 is 0.789 bits per heavy atom. The molecule has 3 aliphatic heterocycles. The molecule has 9 rings (SSSR count). The number of halogens is 1. The van der Waals surface area contributed by atoms with E-state index in [1.54, 1.807) is 23.0 Å². The number of fused-ring (bicyclic) bond motifs is 2. The van der Waals surface area contributed by atoms with Crippen molar-refractivity contribution in [1.82, 2.24) is 41.0 Å². The van der Waals surface area contributed by atoms with Crippen LogP contribution in [0.15, 0.2) is 42.5 Å². The molecule has 3 saturated heterocycles. The summed E-state index contributed by atoms with van der Waals surface area (Å²) in [6, 6.07) is 11.3. The summed E-state index contributed by atoms with van der Waals surface area (Å²) in [5.74, 6) is -2.79. The number of benzene rings is 2. The van der Waals surface area contributed by atoms with E-state index in [2.05, 4.69) is 43.4 Å². The number of likely N-dealkylation sites (tertiary alicyclic amines) is 2. The molecule has 2 aromatic carbocycles. The molecule has 5 aliphatic rings. The first-order valence-electron chi connectivity index (χ1n) is 25.0. The molecule has 19 heteroatoms. The number of aromatic amines is 2. The highest BCUT2D eigenvalue weighted by Gasteiger charge is 2.49. The van der Waals surface area contributed by atoms with E-state index in [1.807, 2.05) is 18.2 Å². The van der Waals surface area contributed by atoms with Crippen molar-refractivity contribution < 1.29 is 42.6 Å². The van der Waals surface area contributed by atoms with Crippen molar-refractivity contribution in [3.05, 3.63) is 59.7 Å². The van der Waals surface area contributed by atoms with Crippen LogP contribution in [0.25, 0.3) is 21.8 Å². The first-order valence-corrected chi connectivity index (χ1v) is 25.0. The monoisotopic (exact) mass is 972 g/mol. The van der Waals surface area contributed by atoms with Gasteiger partial charge in [-0.1, -0.05) is 31.7 Å². The van der Waals surface area contributed by atoms with Crippen LogP contribution in [0.4, 0.5) is 4.39 Å². The summed E-state index contributed by atoms with van der Waals surface area (Å²) in [6.07, 6.45) is 8.13. The maximum atomic E-state index is 14.3. The van der Waals surface area contributed by atoms with Gasteiger partial charge in [-0.2, -0.15) is 10.5 Å². The number of nitrogens with one attached hydrogen (secondary N) is 6. The number of amides is 6. The van der Waals surface area contributed by atoms with Gasteiger partial charge in [0.2, 0.25) is 23.6 Å². The zero-order chi connectivity index (χ0) is 49.9. The van der Waals surface area contributed by atoms with E-state index in [-0.39, 0.29) is 66.3 Å². The zero-order valence-electron chi connectivity index (χ0n) is 40.1. The fourth-order valence-corrected chi connectivity index (χ4v) is 11.8. The van der Waals surface area contributed by atoms with Gasteiger partial charge in [0.1, 0.15) is 52.9 Å². The van der Waals surface area contributed by atoms with Crippen molar-refractivity contribution >= 4 is 57.2 Å². The molecule has 374 valence electrons. The first kappa shape index (κ1) is 48.9. The summed E-state index contributed by atoms with van der Waals surface area (Å²) < 4.78 is 25.2. The van der Waals surface area contributed by atoms with Crippen molar-refractivity contribution in [3.63, 3.8) is 0 Å². The van der Waals surface area contributed by atoms with Crippen LogP contribution in [-0.4, -0.2) is 119 Å². The van der Waals surface area contributed by atoms with E-state index in [0.29, 0.717) is 80.0 Å². The van der Waals surface area contributed by atoms with Crippen LogP contribution in [0.1, 0.15) is 104 Å². The van der Waals surface area contributed by atoms with Gasteiger partial charge in [-0.05, 0) is 106 Å². The molecule has 6 N–H and O–H groups in total. The summed E-state index contributed by atoms with van der Waals surface area (Å²) >= 11 is 0. The summed E-state index contributed by atoms with van der Waals surface area (Å²) in [7, 11) is 2.95. The molecule has 5 fully saturated rings. The van der Waals surface area contributed by atoms with Crippen LogP contribution in [0.2, 0.25) is 0 Å². The summed E-state index contributed by atoms with van der Waals surface area (Å²) in [4.78, 5) is 92.7. The maximum absolute atomic E-state index is 14.3. The van der Waals surface area contributed by atoms with Crippen LogP contribution in [0.5, 0.6) is 11.5 Å². The second-order valence-electron chi connectivity index (χ2n) is 20.0. The van der Waals surface area contributed by atoms with E-state index in [0.717, 1.165) is 43.0 Å². The number of rotatable bonds is 17. The lowest BCUT2D eigenvalue weighted by molar-refractivity contribution is -0.140. The van der Waals surface area contributed by atoms with Crippen molar-refractivity contribution in [2.75, 3.05) is 33.9 Å². The number of methoxy groups -OCH3 is 2. The predicted octanol–water partition coefficient (Wildman–Crippen LogP) is 4.97. The highest BCUT2D eigenvalue weighted by atomic mass is 19.1. The van der Waals surface area contributed by atoms with Crippen molar-refractivity contribution in [1.29, 1.82) is 10.5 Å². The number of nitriles is 2. The van der Waals surface area contributed by atoms with Gasteiger partial charge in [-0.3, -0.25) is 28.8 Å². The van der Waals surface area contributed by atoms with Crippen LogP contribution in [0.3, 0.4) is 0 Å². The molecule has 9 atom stereocenters. The van der Waals surface area contributed by atoms with Gasteiger partial charge < -0.3 is 50.5 Å². The van der Waals surface area contributed by atoms with Crippen LogP contribution in [-0.2, 0) is 19.2 Å². The van der Waals surface area contributed by atoms with Gasteiger partial charge in [0.05, 0.1) is 31.9 Å². The fraction of sp³-hybridized carbons (Fsp3) is 0.538. The normalized spacial score (nSPS) is 24.6. The number of aromatic nitrogens is 2. The molecule has 6 unspecified atom stereocenters. The number of nitrogens with zero attached hydrogens (tertiary/aromatic N) is 4. The number of carbonyl (C=O) groups excluding carboxylic acids is 6. The number of hydrogen-bond acceptors (Lipinski definition) is 10. The van der Waals surface area contributed by atoms with Gasteiger partial charge in [0, 0.05) is 59.9 Å². The van der Waals surface area contributed by atoms with E-state index < -0.39 is 59.5 Å². The summed E-state index contributed by atoms with van der Waals surface area (Å²) in [5.41, 5.74) is 1.44. The van der Waals surface area contributed by atoms with Crippen molar-refractivity contribution in [3.8, 4) is 23.6 Å². The standard InChI is InChI=1S/C52H61FN10O8/c1-70-45-13-5-12-38-36(45)24-42(59-38)52(69)63-27-32(28-8-3-4-9-28)20-44(63)50(67)58-35(26-55)17-30-11-7-15-62(51(30)68)43-19-31(43)18-40(48(65)57-34(25-54)16-29-10-6-14-56-47(29)64)61-49(66)41-23-37-39(60-41)21-33(53)22-46(37)71-2/h5,12-13,21-24,28-32,34-35,40,43-44,59-60H,3-4,6-11,14-20,27H2,1-2H3,(H,56,64)(H,57,65)(H,58,67)(H,61,66)/t29-,30?,31?,32?,34-,35?,40-,43?,44?/m0/s1. The molecule has 0 spiro atoms. The van der Waals surface area contributed by atoms with Gasteiger partial charge in [-0.25, -0.2) is 4.39 Å². The second-order valence-corrected chi connectivity index (χ2v) is 20.0. The maximum Gasteiger partial charge on any atom is 0.270 e. The SMILES string of the molecule is COc1cc(F)cc2[nH]c(C(=O)N[C@@H](CC3CC3N3CCCC(CC(C#N)NC(=O)C4CC(C5CCCC5)CN4C(=O)c4cc5c(OC)cccc5[nH]4)C3=O)C(=O)N[C@H](C#N)C[C@@H]3CCCNC3=O)cc12. The number of ether oxygens (including phenoxy) is 2. The minimum atomic E-state index is -1.15. The zero-order valence-corrected chi connectivity index (χ0v) is 40.1. The minimum absolute atomic E-state index is 0.0501. The molecule has 2 aromatic heterocycles. The largest absolute Gasteiger partial charge is 0.496 e. The Labute approximate surface area is 410 Å². The van der Waals surface area contributed by atoms with Crippen molar-refractivity contribution in [2.24, 2.45) is 29.6 Å². The first-order chi connectivity index (χ1) is 34.3. The molecule has 5 heterocycles. The summed E-state index contributed by atoms with van der Waals surface area (Å²) in [5, 5.41) is 33.0. The van der Waals surface area contributed by atoms with Gasteiger partial charge in [0.25, 0.3) is 11.8 Å². The van der Waals surface area contributed by atoms with Crippen LogP contribution in [0, 0.1) is 58.1 Å². The van der Waals surface area contributed by atoms with E-state index in [1.165, 1.54) is 25.3 Å². The molecule has 0 radical (unpaired) electrons. The molecular formula is C52H61FN10O8. The molecule has 71 heavy (non-hydrogen) atoms. The lowest BCUT2D eigenvalue weighted by Crippen LogP contribution is -2.51. The highest BCUT2D eigenvalue weighted by molar-refractivity contribution is 6.03. The number of H-pyrrole nitrogens is 2. The Hall–Kier alpha value is -7.15. The average molecular weight is 973 g/mol. The smallest absolute Gasteiger partial charge is 0.270 e. The second kappa shape index (κ2) is 21.1. The Kier molecular flexibility index (Phi) is 14.5. The number of hydrogen-bond donors (Lipinski definition) is 6. The minimum Gasteiger partial charge on any atom is -0.496 e. The number of carbonyl (C=O) groups is 6. The number of piperidine rings is 2. The van der Waals surface area contributed by atoms with Crippen molar-refractivity contribution in [2.45, 2.75) is 114 Å². The lowest BCUT2D eigenvalue weighted by atomic mass is 9.88. The Bertz CT molecular complexity index is 2790. The Morgan fingerprint density at radius 3 is 2.24 bits per heavy atom. The summed E-state index contributed by atoms with van der Waals surface area (Å²) in [6.45, 7) is 1.43. The third kappa shape index (κ3) is 10.5. The van der Waals surface area contributed by atoms with E-state index in [9.17, 15) is 43.7 Å². The van der Waals surface area contributed by atoms with E-state index >= 15 is 0 Å². The molecule has 2 aliphatic carbocycles. The van der Waals surface area contributed by atoms with Gasteiger partial charge >= 0.3 is 0 Å². The molecule has 6 amide bonds. The van der Waals surface area contributed by atoms with Crippen LogP contribution < -0.4 is 30.7 Å². The lowest BCUT2D eigenvalue weighted by Gasteiger charge is -2.34. The molecule has 18 nitrogen and oxygen atoms in total. The third-order valence-electron chi connectivity index (χ3n) is 15.6. The molecule has 2 saturated carbocycles. The average Bonchev–Trinajstić information content (AvgIpc) is 3.92. The Balaban J connectivity index is 0.860. The molecular weight excluding hydrogens is 912 g/mol. The fourth-order valence-electron chi connectivity index (χ4n) is 11.8. The Morgan fingerprint density at radius 2 is 1.49 bits per heavy atom. The predicted molar refractivity (Wildman–Crippen MR) is 257 cm³/mol. The highest BCUT2D eigenvalue weighted by Crippen LogP contribution is 2.43. The molecule has 0 bridgehead atoms. The van der Waals surface area contributed by atoms with Gasteiger partial charge in [0.15, 0.2) is 0 Å².